The van der Waals surface area contributed by atoms with Crippen LogP contribution >= 0.6 is 0 Å². The van der Waals surface area contributed by atoms with E-state index < -0.39 is 12.1 Å². The van der Waals surface area contributed by atoms with Crippen molar-refractivity contribution in [3.63, 3.8) is 0 Å². The van der Waals surface area contributed by atoms with Gasteiger partial charge in [0.05, 0.1) is 16.8 Å². The number of hydrogen-bond donors (Lipinski definition) is 0. The summed E-state index contributed by atoms with van der Waals surface area (Å²) in [6.45, 7) is 1.61. The zero-order valence-electron chi connectivity index (χ0n) is 18.1. The third-order valence-electron chi connectivity index (χ3n) is 5.59. The molecule has 1 aromatic heterocycles. The minimum absolute atomic E-state index is 0.245. The van der Waals surface area contributed by atoms with Crippen LogP contribution in [0.4, 0.5) is 0 Å². The maximum Gasteiger partial charge on any atom is 0.339 e. The largest absolute Gasteiger partial charge is 0.449 e. The Hall–Kier alpha value is -3.47. The van der Waals surface area contributed by atoms with Crippen molar-refractivity contribution in [1.29, 1.82) is 0 Å². The van der Waals surface area contributed by atoms with Crippen molar-refractivity contribution < 1.29 is 14.3 Å². The molecule has 0 N–H and O–H groups in total. The first-order valence-corrected chi connectivity index (χ1v) is 10.6. The molecule has 5 nitrogen and oxygen atoms in total. The Kier molecular flexibility index (Phi) is 5.85. The second-order valence-electron chi connectivity index (χ2n) is 8.05. The second-order valence-corrected chi connectivity index (χ2v) is 8.05. The van der Waals surface area contributed by atoms with Crippen LogP contribution in [0.3, 0.4) is 0 Å². The molecule has 3 aromatic rings. The maximum atomic E-state index is 13.3. The number of pyridine rings is 1. The lowest BCUT2D eigenvalue weighted by Gasteiger charge is -2.23. The van der Waals surface area contributed by atoms with Gasteiger partial charge >= 0.3 is 5.97 Å². The molecule has 1 aliphatic rings. The predicted molar refractivity (Wildman–Crippen MR) is 123 cm³/mol. The van der Waals surface area contributed by atoms with E-state index in [4.69, 9.17) is 9.72 Å². The fourth-order valence-corrected chi connectivity index (χ4v) is 4.09. The summed E-state index contributed by atoms with van der Waals surface area (Å²) in [5, 5.41) is 0.761. The molecule has 2 aromatic carbocycles. The molecule has 0 saturated carbocycles. The highest BCUT2D eigenvalue weighted by Crippen LogP contribution is 2.36. The number of rotatable bonds is 4. The van der Waals surface area contributed by atoms with Crippen LogP contribution in [0.2, 0.25) is 0 Å². The second kappa shape index (κ2) is 8.72. The third kappa shape index (κ3) is 4.22. The molecule has 5 heteroatoms. The molecule has 4 rings (SSSR count). The Morgan fingerprint density at radius 2 is 1.74 bits per heavy atom. The van der Waals surface area contributed by atoms with Crippen LogP contribution in [0.1, 0.15) is 46.9 Å². The van der Waals surface area contributed by atoms with Gasteiger partial charge in [-0.3, -0.25) is 4.79 Å². The number of benzene rings is 2. The molecule has 0 aliphatic heterocycles. The number of nitrogens with zero attached hydrogens (tertiary/aromatic N) is 2. The van der Waals surface area contributed by atoms with Gasteiger partial charge < -0.3 is 9.64 Å². The number of hydrogen-bond acceptors (Lipinski definition) is 4. The van der Waals surface area contributed by atoms with Crippen molar-refractivity contribution in [3.05, 3.63) is 77.0 Å². The smallest absolute Gasteiger partial charge is 0.339 e. The summed E-state index contributed by atoms with van der Waals surface area (Å²) >= 11 is 0. The summed E-state index contributed by atoms with van der Waals surface area (Å²) in [7, 11) is 3.30. The first-order valence-electron chi connectivity index (χ1n) is 10.6. The zero-order chi connectivity index (χ0) is 22.0. The molecule has 0 fully saturated rings. The quantitative estimate of drug-likeness (QED) is 0.579. The van der Waals surface area contributed by atoms with Crippen molar-refractivity contribution >= 4 is 34.4 Å². The Morgan fingerprint density at radius 3 is 2.48 bits per heavy atom. The van der Waals surface area contributed by atoms with E-state index >= 15 is 0 Å². The highest BCUT2D eigenvalue weighted by atomic mass is 16.5. The average molecular weight is 415 g/mol. The lowest BCUT2D eigenvalue weighted by Crippen LogP contribution is -2.35. The molecular weight excluding hydrogens is 388 g/mol. The van der Waals surface area contributed by atoms with Gasteiger partial charge in [0.2, 0.25) is 0 Å². The van der Waals surface area contributed by atoms with Crippen molar-refractivity contribution in [2.75, 3.05) is 14.1 Å². The number of esters is 1. The fourth-order valence-electron chi connectivity index (χ4n) is 4.09. The summed E-state index contributed by atoms with van der Waals surface area (Å²) in [6, 6.07) is 17.8. The Bertz CT molecular complexity index is 1170. The van der Waals surface area contributed by atoms with Gasteiger partial charge in [0.1, 0.15) is 0 Å². The first kappa shape index (κ1) is 20.8. The van der Waals surface area contributed by atoms with Crippen LogP contribution < -0.4 is 0 Å². The number of allylic oxidation sites excluding steroid dienone is 1. The van der Waals surface area contributed by atoms with E-state index in [1.165, 1.54) is 4.90 Å². The number of carbonyl (C=O) groups excluding carboxylic acids is 2. The Labute approximate surface area is 182 Å². The highest BCUT2D eigenvalue weighted by molar-refractivity contribution is 6.07. The summed E-state index contributed by atoms with van der Waals surface area (Å²) in [5.74, 6) is -0.719. The van der Waals surface area contributed by atoms with Crippen molar-refractivity contribution in [1.82, 2.24) is 9.88 Å². The van der Waals surface area contributed by atoms with Crippen LogP contribution in [0.5, 0.6) is 0 Å². The molecule has 0 radical (unpaired) electrons. The normalized spacial score (nSPS) is 15.4. The number of ether oxygens (including phenoxy) is 1. The van der Waals surface area contributed by atoms with Gasteiger partial charge in [-0.05, 0) is 55.0 Å². The maximum absolute atomic E-state index is 13.3. The fraction of sp³-hybridized carbons (Fsp3) is 0.269. The lowest BCUT2D eigenvalue weighted by molar-refractivity contribution is -0.137. The SMILES string of the molecule is C[C@H](OC(=O)c1c2c(nc3ccccc13)/C(=C/c1ccccc1)CCC2)C(=O)N(C)C. The van der Waals surface area contributed by atoms with E-state index in [0.29, 0.717) is 5.56 Å². The van der Waals surface area contributed by atoms with Crippen molar-refractivity contribution in [2.45, 2.75) is 32.3 Å². The van der Waals surface area contributed by atoms with E-state index in [1.54, 1.807) is 21.0 Å². The molecule has 31 heavy (non-hydrogen) atoms. The molecule has 1 aliphatic carbocycles. The molecule has 1 heterocycles. The third-order valence-corrected chi connectivity index (χ3v) is 5.59. The minimum Gasteiger partial charge on any atom is -0.449 e. The molecule has 1 atom stereocenters. The van der Waals surface area contributed by atoms with Gasteiger partial charge in [-0.2, -0.15) is 0 Å². The molecule has 0 spiro atoms. The average Bonchev–Trinajstić information content (AvgIpc) is 2.77. The van der Waals surface area contributed by atoms with Gasteiger partial charge in [0, 0.05) is 19.5 Å². The van der Waals surface area contributed by atoms with Crippen LogP contribution in [0, 0.1) is 0 Å². The topological polar surface area (TPSA) is 59.5 Å². The van der Waals surface area contributed by atoms with Crippen LogP contribution in [0.15, 0.2) is 54.6 Å². The Morgan fingerprint density at radius 1 is 1.03 bits per heavy atom. The van der Waals surface area contributed by atoms with E-state index in [2.05, 4.69) is 18.2 Å². The van der Waals surface area contributed by atoms with Crippen LogP contribution in [-0.4, -0.2) is 42.0 Å². The number of carbonyl (C=O) groups is 2. The van der Waals surface area contributed by atoms with Gasteiger partial charge in [-0.1, -0.05) is 48.5 Å². The lowest BCUT2D eigenvalue weighted by atomic mass is 9.86. The number of aromatic nitrogens is 1. The van der Waals surface area contributed by atoms with E-state index in [-0.39, 0.29) is 5.91 Å². The van der Waals surface area contributed by atoms with Crippen molar-refractivity contribution in [3.8, 4) is 0 Å². The predicted octanol–water partition coefficient (Wildman–Crippen LogP) is 4.75. The van der Waals surface area contributed by atoms with Gasteiger partial charge in [0.15, 0.2) is 6.10 Å². The van der Waals surface area contributed by atoms with E-state index in [1.807, 2.05) is 42.5 Å². The van der Waals surface area contributed by atoms with E-state index in [0.717, 1.165) is 52.6 Å². The number of para-hydroxylation sites is 1. The van der Waals surface area contributed by atoms with Gasteiger partial charge in [0.25, 0.3) is 5.91 Å². The number of fused-ring (bicyclic) bond motifs is 2. The molecular formula is C26H26N2O3. The highest BCUT2D eigenvalue weighted by Gasteiger charge is 2.28. The van der Waals surface area contributed by atoms with Gasteiger partial charge in [-0.15, -0.1) is 0 Å². The van der Waals surface area contributed by atoms with Crippen molar-refractivity contribution in [2.24, 2.45) is 0 Å². The van der Waals surface area contributed by atoms with E-state index in [9.17, 15) is 9.59 Å². The molecule has 0 saturated heterocycles. The molecule has 158 valence electrons. The van der Waals surface area contributed by atoms with Crippen LogP contribution in [-0.2, 0) is 16.0 Å². The van der Waals surface area contributed by atoms with Crippen LogP contribution in [0.25, 0.3) is 22.6 Å². The molecule has 0 unspecified atom stereocenters. The minimum atomic E-state index is -0.854. The molecule has 0 bridgehead atoms. The first-order chi connectivity index (χ1) is 15.0. The summed E-state index contributed by atoms with van der Waals surface area (Å²) in [5.41, 5.74) is 5.26. The zero-order valence-corrected chi connectivity index (χ0v) is 18.1. The standard InChI is InChI=1S/C26H26N2O3/c1-17(25(29)28(2)3)31-26(30)23-20-13-7-8-15-22(20)27-24-19(12-9-14-21(23)24)16-18-10-5-4-6-11-18/h4-8,10-11,13,15-17H,9,12,14H2,1-3H3/b19-16+/t17-/m0/s1. The number of amides is 1. The Balaban J connectivity index is 1.83. The number of likely N-dealkylation sites (N-methyl/N-ethyl adjacent to an activating group) is 1. The summed E-state index contributed by atoms with van der Waals surface area (Å²) in [6.07, 6.45) is 3.87. The monoisotopic (exact) mass is 414 g/mol. The van der Waals surface area contributed by atoms with Gasteiger partial charge in [-0.25, -0.2) is 9.78 Å². The summed E-state index contributed by atoms with van der Waals surface area (Å²) in [4.78, 5) is 31.9. The molecule has 1 amide bonds. The summed E-state index contributed by atoms with van der Waals surface area (Å²) < 4.78 is 5.61.